The largest absolute Gasteiger partial charge is 0.573 e. The molecular weight excluding hydrogens is 1800 g/mol. The van der Waals surface area contributed by atoms with Gasteiger partial charge in [-0.15, -0.1) is 35.8 Å². The Hall–Kier alpha value is -6.33. The number of alkyl halides is 6. The molecule has 0 aliphatic heterocycles. The second-order valence-corrected chi connectivity index (χ2v) is 43.4. The molecule has 0 unspecified atom stereocenters. The third kappa shape index (κ3) is 22.8. The van der Waals surface area contributed by atoms with E-state index in [1.807, 2.05) is 84.9 Å². The van der Waals surface area contributed by atoms with E-state index in [0.29, 0.717) is 128 Å². The van der Waals surface area contributed by atoms with E-state index in [1.54, 1.807) is 41.9 Å². The van der Waals surface area contributed by atoms with Crippen LogP contribution in [0.3, 0.4) is 0 Å². The van der Waals surface area contributed by atoms with E-state index in [-0.39, 0.29) is 68.2 Å². The number of thiophene rings is 1. The molecule has 648 valence electrons. The van der Waals surface area contributed by atoms with Crippen LogP contribution in [0.25, 0.3) is 4.96 Å². The second kappa shape index (κ2) is 39.1. The topological polar surface area (TPSA) is 349 Å². The minimum absolute atomic E-state index is 0.000763. The number of benzene rings is 7. The monoisotopic (exact) mass is 1890 g/mol. The van der Waals surface area contributed by atoms with Crippen molar-refractivity contribution in [2.45, 2.75) is 189 Å². The van der Waals surface area contributed by atoms with Gasteiger partial charge in [-0.25, -0.2) is 66.0 Å². The van der Waals surface area contributed by atoms with Crippen LogP contribution >= 0.6 is 80.7 Å². The van der Waals surface area contributed by atoms with E-state index >= 15 is 0 Å². The fourth-order valence-corrected chi connectivity index (χ4v) is 26.9. The Labute approximate surface area is 727 Å². The first-order valence-corrected chi connectivity index (χ1v) is 49.1. The minimum atomic E-state index is -4.83. The van der Waals surface area contributed by atoms with Gasteiger partial charge in [-0.2, -0.15) is 13.2 Å². The summed E-state index contributed by atoms with van der Waals surface area (Å²) >= 11 is 32.7. The van der Waals surface area contributed by atoms with Crippen molar-refractivity contribution in [3.63, 3.8) is 0 Å². The maximum absolute atomic E-state index is 13.2. The maximum Gasteiger partial charge on any atom is 0.573 e. The molecule has 12 N–H and O–H groups in total. The number of halogens is 11. The summed E-state index contributed by atoms with van der Waals surface area (Å²) in [7, 11) is -19.6. The molecule has 21 nitrogen and oxygen atoms in total. The van der Waals surface area contributed by atoms with Crippen molar-refractivity contribution in [2.24, 2.45) is 22.9 Å². The van der Waals surface area contributed by atoms with E-state index in [0.717, 1.165) is 95.7 Å². The molecule has 4 aliphatic rings. The van der Waals surface area contributed by atoms with Gasteiger partial charge in [0.05, 0.1) is 20.2 Å². The number of hydrogen-bond acceptors (Lipinski definition) is 18. The van der Waals surface area contributed by atoms with Crippen LogP contribution in [0.2, 0.25) is 25.2 Å². The SMILES string of the molecule is NCC1(c2cccc(Cl)c2)CCC(NS(=O)(=O)c2c(Cl)nc3sccn23)CC1.NCC1(c2cccc(Cl)c2)CCC(NS(=O)(=O)c2ccc(OC(F)(F)F)cc2)CC1.NCC1(c2cccc(Cl)c2)CCC(NS(=O)(=O)c2ccc(S(=O)(=O)c3ccccc3)s2)CC1.NCC1(c2cccc(Cl)c2)CCC(NS(=O)(=O)c2ccccc2C(F)(F)F)CC1. The van der Waals surface area contributed by atoms with Crippen LogP contribution in [-0.2, 0) is 77.8 Å². The lowest BCUT2D eigenvalue weighted by molar-refractivity contribution is -0.274. The Morgan fingerprint density at radius 2 is 0.792 bits per heavy atom. The van der Waals surface area contributed by atoms with Crippen LogP contribution in [0.4, 0.5) is 26.3 Å². The van der Waals surface area contributed by atoms with Crippen LogP contribution in [0.5, 0.6) is 5.75 Å². The summed E-state index contributed by atoms with van der Waals surface area (Å²) in [5, 5.41) is 4.33. The molecular formula is C81H89Cl5F6N10O11S7. The summed E-state index contributed by atoms with van der Waals surface area (Å²) in [4.78, 5) is 3.93. The Morgan fingerprint density at radius 1 is 0.425 bits per heavy atom. The zero-order valence-electron chi connectivity index (χ0n) is 64.2. The number of nitrogens with two attached hydrogens (primary N) is 4. The highest BCUT2D eigenvalue weighted by Gasteiger charge is 2.44. The molecule has 10 aromatic rings. The van der Waals surface area contributed by atoms with E-state index in [4.69, 9.17) is 80.9 Å². The summed E-state index contributed by atoms with van der Waals surface area (Å²) in [6.45, 7) is 1.76. The Kier molecular flexibility index (Phi) is 30.7. The number of nitrogens with one attached hydrogen (secondary N) is 4. The van der Waals surface area contributed by atoms with Crippen LogP contribution in [0.1, 0.15) is 131 Å². The number of ether oxygens (including phenoxy) is 1. The highest BCUT2D eigenvalue weighted by atomic mass is 35.5. The van der Waals surface area contributed by atoms with Gasteiger partial charge in [0.1, 0.15) is 14.2 Å². The zero-order chi connectivity index (χ0) is 86.9. The molecule has 0 amide bonds. The van der Waals surface area contributed by atoms with Crippen LogP contribution in [0.15, 0.2) is 228 Å². The highest BCUT2D eigenvalue weighted by molar-refractivity contribution is 7.95. The molecule has 4 saturated carbocycles. The molecule has 0 saturated heterocycles. The van der Waals surface area contributed by atoms with Crippen LogP contribution < -0.4 is 46.6 Å². The number of sulfone groups is 1. The summed E-state index contributed by atoms with van der Waals surface area (Å²) in [6.07, 6.45) is 2.43. The molecule has 4 aliphatic carbocycles. The number of fused-ring (bicyclic) bond motifs is 1. The number of sulfonamides is 4. The molecule has 14 rings (SSSR count). The summed E-state index contributed by atoms with van der Waals surface area (Å²) in [6, 6.07) is 48.2. The van der Waals surface area contributed by atoms with Crippen molar-refractivity contribution in [3.05, 3.63) is 253 Å². The van der Waals surface area contributed by atoms with Gasteiger partial charge in [-0.3, -0.25) is 4.40 Å². The Balaban J connectivity index is 0.000000157. The number of nitrogens with zero attached hydrogens (tertiary/aromatic N) is 2. The molecule has 0 radical (unpaired) electrons. The Bertz CT molecular complexity index is 5790. The summed E-state index contributed by atoms with van der Waals surface area (Å²) in [5.74, 6) is -0.478. The third-order valence-corrected chi connectivity index (χ3v) is 34.9. The average molecular weight is 1890 g/mol. The fraction of sp³-hybridized carbons (Fsp3) is 0.370. The van der Waals surface area contributed by atoms with Crippen molar-refractivity contribution in [2.75, 3.05) is 26.2 Å². The maximum atomic E-state index is 13.2. The number of thiazole rings is 1. The van der Waals surface area contributed by atoms with Crippen molar-refractivity contribution in [3.8, 4) is 5.75 Å². The van der Waals surface area contributed by atoms with E-state index in [1.165, 1.54) is 52.1 Å². The molecule has 4 fully saturated rings. The Morgan fingerprint density at radius 3 is 1.18 bits per heavy atom. The van der Waals surface area contributed by atoms with Crippen molar-refractivity contribution < 1.29 is 73.2 Å². The molecule has 0 bridgehead atoms. The molecule has 0 spiro atoms. The minimum Gasteiger partial charge on any atom is -0.406 e. The number of imidazole rings is 1. The van der Waals surface area contributed by atoms with Crippen molar-refractivity contribution in [1.82, 2.24) is 28.3 Å². The summed E-state index contributed by atoms with van der Waals surface area (Å²) in [5.41, 5.74) is 26.5. The van der Waals surface area contributed by atoms with Gasteiger partial charge >= 0.3 is 12.5 Å². The third-order valence-electron chi connectivity index (χ3n) is 22.8. The van der Waals surface area contributed by atoms with Gasteiger partial charge in [0, 0.05) is 104 Å². The number of rotatable bonds is 23. The predicted octanol–water partition coefficient (Wildman–Crippen LogP) is 17.0. The van der Waals surface area contributed by atoms with Gasteiger partial charge in [0.2, 0.25) is 39.9 Å². The lowest BCUT2D eigenvalue weighted by atomic mass is 9.68. The lowest BCUT2D eigenvalue weighted by Gasteiger charge is -2.40. The molecule has 3 heterocycles. The first-order valence-electron chi connectivity index (χ1n) is 38.1. The van der Waals surface area contributed by atoms with Gasteiger partial charge in [-0.05, 0) is 234 Å². The van der Waals surface area contributed by atoms with Crippen LogP contribution in [-0.4, -0.2) is 108 Å². The fourth-order valence-electron chi connectivity index (χ4n) is 16.0. The first-order chi connectivity index (χ1) is 56.6. The second-order valence-electron chi connectivity index (χ2n) is 30.2. The average Bonchev–Trinajstić information content (AvgIpc) is 1.60. The normalized spacial score (nSPS) is 22.7. The number of hydrogen-bond donors (Lipinski definition) is 8. The van der Waals surface area contributed by atoms with Crippen molar-refractivity contribution >= 4 is 136 Å². The molecule has 3 aromatic heterocycles. The summed E-state index contributed by atoms with van der Waals surface area (Å²) < 4.78 is 220. The molecule has 120 heavy (non-hydrogen) atoms. The van der Waals surface area contributed by atoms with Crippen molar-refractivity contribution in [1.29, 1.82) is 0 Å². The molecule has 39 heteroatoms. The zero-order valence-corrected chi connectivity index (χ0v) is 73.7. The van der Waals surface area contributed by atoms with E-state index in [9.17, 15) is 68.4 Å². The quantitative estimate of drug-likeness (QED) is 0.0276. The molecule has 0 atom stereocenters. The van der Waals surface area contributed by atoms with Gasteiger partial charge in [0.15, 0.2) is 15.1 Å². The lowest BCUT2D eigenvalue weighted by Crippen LogP contribution is -2.45. The number of aromatic nitrogens is 2. The van der Waals surface area contributed by atoms with Gasteiger partial charge in [0.25, 0.3) is 10.0 Å². The van der Waals surface area contributed by atoms with Crippen LogP contribution in [0, 0.1) is 0 Å². The smallest absolute Gasteiger partial charge is 0.406 e. The van der Waals surface area contributed by atoms with E-state index < -0.39 is 84.7 Å². The highest BCUT2D eigenvalue weighted by Crippen LogP contribution is 2.46. The van der Waals surface area contributed by atoms with Gasteiger partial charge < -0.3 is 27.7 Å². The predicted molar refractivity (Wildman–Crippen MR) is 458 cm³/mol. The standard InChI is InChI=1S/C23H25ClN2O4S3.C20H22ClF3N2O3S.C20H22ClF3N2O2S.C18H20Cl2N4O2S2/c24-18-6-4-5-17(15-18)23(16-25)13-11-19(12-14-23)26-33(29,30)22-10-9-21(31-22)32(27,28)20-7-2-1-3-8-20;21-15-3-1-2-14(12-15)19(13-25)10-8-16(9-11-19)26-30(27,28)18-6-4-17(5-7-18)29-20(22,23)24;21-15-5-3-4-14(12-15)19(13-25)10-8-16(9-11-19)26-29(27,28)18-7-2-1-6-17(18)20(22,23)24;19-13-3-1-2-12(10-13)18(11-21)6-4-14(5-7-18)23-28(25,26)16-15(20)22-17-24(16)8-9-27-17/h1-10,15,19,26H,11-14,16,25H2;1-7,12,16,26H,8-11,13,25H2;1-7,12,16,26H,8-11,13,25H2;1-3,8-10,14,23H,4-7,11,21H2. The van der Waals surface area contributed by atoms with E-state index in [2.05, 4.69) is 28.6 Å². The first kappa shape index (κ1) is 94.3. The van der Waals surface area contributed by atoms with Gasteiger partial charge in [-0.1, -0.05) is 137 Å². The molecule has 7 aromatic carbocycles.